The van der Waals surface area contributed by atoms with Gasteiger partial charge in [0.2, 0.25) is 11.1 Å². The van der Waals surface area contributed by atoms with Crippen LogP contribution < -0.4 is 5.32 Å². The summed E-state index contributed by atoms with van der Waals surface area (Å²) in [5.41, 5.74) is 3.32. The Hall–Kier alpha value is -1.82. The van der Waals surface area contributed by atoms with E-state index < -0.39 is 0 Å². The summed E-state index contributed by atoms with van der Waals surface area (Å²) in [6, 6.07) is 6.26. The highest BCUT2D eigenvalue weighted by molar-refractivity contribution is 7.99. The van der Waals surface area contributed by atoms with E-state index >= 15 is 0 Å². The number of hydrogen-bond donors (Lipinski definition) is 2. The lowest BCUT2D eigenvalue weighted by Gasteiger charge is -2.20. The first-order valence-corrected chi connectivity index (χ1v) is 9.92. The first kappa shape index (κ1) is 18.0. The predicted octanol–water partition coefficient (Wildman–Crippen LogP) is 4.66. The molecule has 0 bridgehead atoms. The number of anilines is 1. The van der Waals surface area contributed by atoms with Crippen molar-refractivity contribution in [3.8, 4) is 0 Å². The second kappa shape index (κ2) is 7.60. The molecule has 2 aromatic rings. The zero-order valence-corrected chi connectivity index (χ0v) is 16.1. The molecule has 1 aromatic carbocycles. The third-order valence-corrected chi connectivity index (χ3v) is 5.26. The molecule has 0 spiro atoms. The van der Waals surface area contributed by atoms with Crippen molar-refractivity contribution in [1.29, 1.82) is 0 Å². The molecule has 25 heavy (non-hydrogen) atoms. The van der Waals surface area contributed by atoms with Gasteiger partial charge >= 0.3 is 0 Å². The molecule has 1 fully saturated rings. The van der Waals surface area contributed by atoms with Gasteiger partial charge in [-0.2, -0.15) is 0 Å². The van der Waals surface area contributed by atoms with Gasteiger partial charge in [-0.1, -0.05) is 57.7 Å². The Morgan fingerprint density at radius 2 is 1.88 bits per heavy atom. The predicted molar refractivity (Wildman–Crippen MR) is 102 cm³/mol. The van der Waals surface area contributed by atoms with Crippen LogP contribution in [-0.4, -0.2) is 26.8 Å². The maximum absolute atomic E-state index is 12.5. The summed E-state index contributed by atoms with van der Waals surface area (Å²) < 4.78 is 0. The lowest BCUT2D eigenvalue weighted by molar-refractivity contribution is -0.113. The van der Waals surface area contributed by atoms with Crippen LogP contribution in [-0.2, 0) is 4.79 Å². The van der Waals surface area contributed by atoms with Crippen LogP contribution in [0.1, 0.15) is 75.2 Å². The molecule has 1 aliphatic carbocycles. The van der Waals surface area contributed by atoms with Crippen molar-refractivity contribution in [2.24, 2.45) is 0 Å². The Kier molecular flexibility index (Phi) is 5.47. The number of aromatic nitrogens is 3. The van der Waals surface area contributed by atoms with Gasteiger partial charge < -0.3 is 5.32 Å². The molecule has 2 N–H and O–H groups in total. The second-order valence-electron chi connectivity index (χ2n) is 7.24. The van der Waals surface area contributed by atoms with Gasteiger partial charge in [-0.05, 0) is 35.8 Å². The molecule has 0 unspecified atom stereocenters. The smallest absolute Gasteiger partial charge is 0.234 e. The number of H-pyrrole nitrogens is 1. The molecule has 0 atom stereocenters. The number of nitrogens with one attached hydrogen (secondary N) is 2. The van der Waals surface area contributed by atoms with Crippen LogP contribution in [0.3, 0.4) is 0 Å². The second-order valence-corrected chi connectivity index (χ2v) is 8.18. The number of carbonyl (C=O) groups excluding carboxylic acids is 1. The van der Waals surface area contributed by atoms with E-state index in [2.05, 4.69) is 66.4 Å². The Balaban J connectivity index is 1.67. The molecule has 0 saturated heterocycles. The Morgan fingerprint density at radius 3 is 2.44 bits per heavy atom. The summed E-state index contributed by atoms with van der Waals surface area (Å²) >= 11 is 1.38. The van der Waals surface area contributed by atoms with Crippen LogP contribution in [0.25, 0.3) is 0 Å². The van der Waals surface area contributed by atoms with Crippen molar-refractivity contribution in [3.05, 3.63) is 35.2 Å². The highest BCUT2D eigenvalue weighted by Crippen LogP contribution is 2.38. The molecule has 1 heterocycles. The number of rotatable bonds is 7. The summed E-state index contributed by atoms with van der Waals surface area (Å²) in [6.07, 6.45) is 2.37. The van der Waals surface area contributed by atoms with E-state index in [1.54, 1.807) is 0 Å². The van der Waals surface area contributed by atoms with E-state index in [1.165, 1.54) is 35.7 Å². The summed E-state index contributed by atoms with van der Waals surface area (Å²) in [6.45, 7) is 8.60. The van der Waals surface area contributed by atoms with Crippen LogP contribution >= 0.6 is 11.8 Å². The van der Waals surface area contributed by atoms with Crippen molar-refractivity contribution in [1.82, 2.24) is 15.2 Å². The third kappa shape index (κ3) is 4.42. The number of benzene rings is 1. The quantitative estimate of drug-likeness (QED) is 0.706. The largest absolute Gasteiger partial charge is 0.325 e. The van der Waals surface area contributed by atoms with Crippen LogP contribution in [0.4, 0.5) is 5.69 Å². The zero-order valence-electron chi connectivity index (χ0n) is 15.3. The van der Waals surface area contributed by atoms with Crippen molar-refractivity contribution >= 4 is 23.4 Å². The van der Waals surface area contributed by atoms with E-state index in [0.717, 1.165) is 11.5 Å². The highest BCUT2D eigenvalue weighted by atomic mass is 32.2. The Morgan fingerprint density at radius 1 is 1.24 bits per heavy atom. The van der Waals surface area contributed by atoms with Crippen molar-refractivity contribution < 1.29 is 4.79 Å². The first-order chi connectivity index (χ1) is 12.0. The standard InChI is InChI=1S/C19H26N4OS/c1-11(2)14-6-5-7-15(12(3)4)17(14)20-16(24)10-25-19-21-18(22-23-19)13-8-9-13/h5-7,11-13H,8-10H2,1-4H3,(H,20,24)(H,21,22,23). The lowest BCUT2D eigenvalue weighted by atomic mass is 9.92. The molecular weight excluding hydrogens is 332 g/mol. The molecule has 0 radical (unpaired) electrons. The highest BCUT2D eigenvalue weighted by Gasteiger charge is 2.27. The molecule has 1 aliphatic rings. The summed E-state index contributed by atoms with van der Waals surface area (Å²) in [7, 11) is 0. The van der Waals surface area contributed by atoms with E-state index in [4.69, 9.17) is 0 Å². The van der Waals surface area contributed by atoms with Gasteiger partial charge in [0.1, 0.15) is 5.82 Å². The minimum atomic E-state index is -0.0160. The minimum absolute atomic E-state index is 0.0160. The molecule has 6 heteroatoms. The normalized spacial score (nSPS) is 14.3. The van der Waals surface area contributed by atoms with Gasteiger partial charge in [-0.15, -0.1) is 5.10 Å². The van der Waals surface area contributed by atoms with E-state index in [1.807, 2.05) is 0 Å². The van der Waals surface area contributed by atoms with Crippen LogP contribution in [0.15, 0.2) is 23.4 Å². The summed E-state index contributed by atoms with van der Waals surface area (Å²) in [4.78, 5) is 16.9. The van der Waals surface area contributed by atoms with Gasteiger partial charge in [0, 0.05) is 11.6 Å². The van der Waals surface area contributed by atoms with Crippen molar-refractivity contribution in [2.45, 2.75) is 63.4 Å². The number of aromatic amines is 1. The summed E-state index contributed by atoms with van der Waals surface area (Å²) in [5, 5.41) is 11.0. The minimum Gasteiger partial charge on any atom is -0.325 e. The Bertz CT molecular complexity index is 723. The zero-order chi connectivity index (χ0) is 18.0. The van der Waals surface area contributed by atoms with Gasteiger partial charge in [0.25, 0.3) is 0 Å². The molecular formula is C19H26N4OS. The fraction of sp³-hybridized carbons (Fsp3) is 0.526. The maximum atomic E-state index is 12.5. The topological polar surface area (TPSA) is 70.7 Å². The number of carbonyl (C=O) groups is 1. The van der Waals surface area contributed by atoms with Crippen LogP contribution in [0.5, 0.6) is 0 Å². The average molecular weight is 359 g/mol. The summed E-state index contributed by atoms with van der Waals surface area (Å²) in [5.74, 6) is 2.51. The number of hydrogen-bond acceptors (Lipinski definition) is 4. The van der Waals surface area contributed by atoms with Gasteiger partial charge in [0.15, 0.2) is 0 Å². The number of amides is 1. The molecule has 1 saturated carbocycles. The Labute approximate surface area is 153 Å². The molecule has 1 amide bonds. The van der Waals surface area contributed by atoms with Crippen molar-refractivity contribution in [3.63, 3.8) is 0 Å². The molecule has 1 aromatic heterocycles. The van der Waals surface area contributed by atoms with E-state index in [-0.39, 0.29) is 5.91 Å². The third-order valence-electron chi connectivity index (χ3n) is 4.42. The number of nitrogens with zero attached hydrogens (tertiary/aromatic N) is 2. The van der Waals surface area contributed by atoms with Crippen LogP contribution in [0.2, 0.25) is 0 Å². The number of para-hydroxylation sites is 1. The molecule has 5 nitrogen and oxygen atoms in total. The van der Waals surface area contributed by atoms with Crippen molar-refractivity contribution in [2.75, 3.05) is 11.1 Å². The van der Waals surface area contributed by atoms with Crippen LogP contribution in [0, 0.1) is 0 Å². The fourth-order valence-electron chi connectivity index (χ4n) is 2.86. The molecule has 134 valence electrons. The maximum Gasteiger partial charge on any atom is 0.234 e. The van der Waals surface area contributed by atoms with E-state index in [9.17, 15) is 4.79 Å². The molecule has 3 rings (SSSR count). The van der Waals surface area contributed by atoms with Gasteiger partial charge in [-0.25, -0.2) is 4.98 Å². The molecule has 0 aliphatic heterocycles. The SMILES string of the molecule is CC(C)c1cccc(C(C)C)c1NC(=O)CSc1n[nH]c(C2CC2)n1. The monoisotopic (exact) mass is 358 g/mol. The van der Waals surface area contributed by atoms with Gasteiger partial charge in [-0.3, -0.25) is 9.89 Å². The van der Waals surface area contributed by atoms with Gasteiger partial charge in [0.05, 0.1) is 5.75 Å². The fourth-order valence-corrected chi connectivity index (χ4v) is 3.47. The number of thioether (sulfide) groups is 1. The average Bonchev–Trinajstić information content (AvgIpc) is 3.31. The lowest BCUT2D eigenvalue weighted by Crippen LogP contribution is -2.17. The first-order valence-electron chi connectivity index (χ1n) is 8.93. The van der Waals surface area contributed by atoms with E-state index in [0.29, 0.717) is 28.7 Å².